The van der Waals surface area contributed by atoms with Crippen LogP contribution in [0.5, 0.6) is 0 Å². The molecule has 1 atom stereocenters. The molecule has 132 valence electrons. The summed E-state index contributed by atoms with van der Waals surface area (Å²) < 4.78 is 26.7. The minimum Gasteiger partial charge on any atom is -0.344 e. The number of nitrogens with zero attached hydrogens (tertiary/aromatic N) is 2. The Bertz CT molecular complexity index is 918. The number of amides is 1. The van der Waals surface area contributed by atoms with Gasteiger partial charge < -0.3 is 10.6 Å². The topological polar surface area (TPSA) is 66.9 Å². The Morgan fingerprint density at radius 1 is 1.08 bits per heavy atom. The minimum absolute atomic E-state index is 0.0154. The van der Waals surface area contributed by atoms with E-state index < -0.39 is 11.6 Å². The van der Waals surface area contributed by atoms with Crippen molar-refractivity contribution in [3.63, 3.8) is 0 Å². The van der Waals surface area contributed by atoms with Crippen LogP contribution in [-0.2, 0) is 0 Å². The summed E-state index contributed by atoms with van der Waals surface area (Å²) in [5.41, 5.74) is 1.11. The highest BCUT2D eigenvalue weighted by Crippen LogP contribution is 2.18. The highest BCUT2D eigenvalue weighted by Gasteiger charge is 2.14. The molecule has 1 amide bonds. The van der Waals surface area contributed by atoms with Crippen LogP contribution in [0.25, 0.3) is 0 Å². The summed E-state index contributed by atoms with van der Waals surface area (Å²) >= 11 is 0. The lowest BCUT2D eigenvalue weighted by Crippen LogP contribution is -2.27. The first kappa shape index (κ1) is 17.5. The molecule has 0 fully saturated rings. The van der Waals surface area contributed by atoms with Crippen LogP contribution in [0.15, 0.2) is 60.8 Å². The molecule has 0 aliphatic carbocycles. The average Bonchev–Trinajstić information content (AvgIpc) is 2.65. The first-order valence-corrected chi connectivity index (χ1v) is 7.94. The Morgan fingerprint density at radius 2 is 1.85 bits per heavy atom. The number of aromatic nitrogens is 2. The normalized spacial score (nSPS) is 11.7. The minimum atomic E-state index is -0.777. The van der Waals surface area contributed by atoms with Gasteiger partial charge in [-0.1, -0.05) is 30.3 Å². The van der Waals surface area contributed by atoms with Gasteiger partial charge in [-0.3, -0.25) is 4.79 Å². The number of hydrogen-bond acceptors (Lipinski definition) is 4. The van der Waals surface area contributed by atoms with Gasteiger partial charge in [0, 0.05) is 12.3 Å². The third-order valence-corrected chi connectivity index (χ3v) is 3.71. The van der Waals surface area contributed by atoms with E-state index in [1.165, 1.54) is 18.3 Å². The number of rotatable bonds is 5. The molecule has 3 rings (SSSR count). The van der Waals surface area contributed by atoms with Gasteiger partial charge in [0.05, 0.1) is 11.7 Å². The lowest BCUT2D eigenvalue weighted by Gasteiger charge is -2.14. The van der Waals surface area contributed by atoms with Crippen LogP contribution in [0.3, 0.4) is 0 Å². The van der Waals surface area contributed by atoms with E-state index >= 15 is 0 Å². The van der Waals surface area contributed by atoms with Crippen LogP contribution in [0, 0.1) is 11.6 Å². The highest BCUT2D eigenvalue weighted by atomic mass is 19.1. The number of nitrogens with one attached hydrogen (secondary N) is 2. The zero-order chi connectivity index (χ0) is 18.5. The third kappa shape index (κ3) is 4.18. The van der Waals surface area contributed by atoms with Crippen molar-refractivity contribution < 1.29 is 13.6 Å². The zero-order valence-corrected chi connectivity index (χ0v) is 13.9. The summed E-state index contributed by atoms with van der Waals surface area (Å²) in [6.07, 6.45) is 1.39. The fourth-order valence-corrected chi connectivity index (χ4v) is 2.35. The Kier molecular flexibility index (Phi) is 5.17. The molecule has 1 aromatic heterocycles. The Morgan fingerprint density at radius 3 is 2.58 bits per heavy atom. The van der Waals surface area contributed by atoms with Gasteiger partial charge in [-0.25, -0.2) is 18.7 Å². The van der Waals surface area contributed by atoms with E-state index in [2.05, 4.69) is 20.6 Å². The van der Waals surface area contributed by atoms with E-state index in [0.29, 0.717) is 0 Å². The molecule has 0 aliphatic heterocycles. The van der Waals surface area contributed by atoms with Gasteiger partial charge in [-0.2, -0.15) is 0 Å². The summed E-state index contributed by atoms with van der Waals surface area (Å²) in [6, 6.07) is 13.9. The standard InChI is InChI=1S/C19H16F2N4O/c1-12(13-5-3-2-4-6-13)23-18(26)17-9-10-22-19(25-17)24-16-8-7-14(20)11-15(16)21/h2-12H,1H3,(H,23,26)(H,22,24,25). The van der Waals surface area contributed by atoms with Crippen LogP contribution in [-0.4, -0.2) is 15.9 Å². The number of carbonyl (C=O) groups is 1. The summed E-state index contributed by atoms with van der Waals surface area (Å²) in [5.74, 6) is -1.81. The number of anilines is 2. The van der Waals surface area contributed by atoms with E-state index in [4.69, 9.17) is 0 Å². The molecule has 7 heteroatoms. The molecule has 0 radical (unpaired) electrons. The maximum Gasteiger partial charge on any atom is 0.270 e. The summed E-state index contributed by atoms with van der Waals surface area (Å²) in [5, 5.41) is 5.48. The van der Waals surface area contributed by atoms with Crippen molar-refractivity contribution in [1.29, 1.82) is 0 Å². The SMILES string of the molecule is CC(NC(=O)c1ccnc(Nc2ccc(F)cc2F)n1)c1ccccc1. The molecule has 0 saturated carbocycles. The molecule has 5 nitrogen and oxygen atoms in total. The maximum absolute atomic E-state index is 13.7. The van der Waals surface area contributed by atoms with Crippen LogP contribution >= 0.6 is 0 Å². The van der Waals surface area contributed by atoms with E-state index in [1.54, 1.807) is 0 Å². The molecule has 0 saturated heterocycles. The highest BCUT2D eigenvalue weighted by molar-refractivity contribution is 5.92. The second kappa shape index (κ2) is 7.69. The summed E-state index contributed by atoms with van der Waals surface area (Å²) in [7, 11) is 0. The van der Waals surface area contributed by atoms with Gasteiger partial charge in [0.1, 0.15) is 17.3 Å². The van der Waals surface area contributed by atoms with E-state index in [9.17, 15) is 13.6 Å². The summed E-state index contributed by atoms with van der Waals surface area (Å²) in [4.78, 5) is 20.4. The molecular formula is C19H16F2N4O. The number of hydrogen-bond donors (Lipinski definition) is 2. The van der Waals surface area contributed by atoms with E-state index in [1.807, 2.05) is 37.3 Å². The quantitative estimate of drug-likeness (QED) is 0.727. The van der Waals surface area contributed by atoms with Crippen LogP contribution in [0.4, 0.5) is 20.4 Å². The third-order valence-electron chi connectivity index (χ3n) is 3.71. The second-order valence-electron chi connectivity index (χ2n) is 5.62. The predicted molar refractivity (Wildman–Crippen MR) is 94.0 cm³/mol. The molecule has 1 unspecified atom stereocenters. The van der Waals surface area contributed by atoms with Gasteiger partial charge >= 0.3 is 0 Å². The molecule has 2 N–H and O–H groups in total. The van der Waals surface area contributed by atoms with Gasteiger partial charge in [0.15, 0.2) is 0 Å². The predicted octanol–water partition coefficient (Wildman–Crippen LogP) is 3.99. The van der Waals surface area contributed by atoms with Crippen molar-refractivity contribution in [3.05, 3.63) is 83.7 Å². The fraction of sp³-hybridized carbons (Fsp3) is 0.105. The van der Waals surface area contributed by atoms with Crippen molar-refractivity contribution in [2.45, 2.75) is 13.0 Å². The second-order valence-corrected chi connectivity index (χ2v) is 5.62. The largest absolute Gasteiger partial charge is 0.344 e. The zero-order valence-electron chi connectivity index (χ0n) is 13.9. The number of carbonyl (C=O) groups excluding carboxylic acids is 1. The monoisotopic (exact) mass is 354 g/mol. The van der Waals surface area contributed by atoms with Gasteiger partial charge in [0.2, 0.25) is 5.95 Å². The molecule has 2 aromatic carbocycles. The molecule has 1 heterocycles. The first-order valence-electron chi connectivity index (χ1n) is 7.94. The number of benzene rings is 2. The Labute approximate surface area is 149 Å². The van der Waals surface area contributed by atoms with Crippen molar-refractivity contribution in [3.8, 4) is 0 Å². The smallest absolute Gasteiger partial charge is 0.270 e. The lowest BCUT2D eigenvalue weighted by atomic mass is 10.1. The molecular weight excluding hydrogens is 338 g/mol. The van der Waals surface area contributed by atoms with Gasteiger partial charge in [-0.05, 0) is 30.7 Å². The molecule has 0 bridgehead atoms. The van der Waals surface area contributed by atoms with Gasteiger partial charge in [0.25, 0.3) is 5.91 Å². The number of halogens is 2. The van der Waals surface area contributed by atoms with Crippen LogP contribution < -0.4 is 10.6 Å². The molecule has 3 aromatic rings. The van der Waals surface area contributed by atoms with Crippen molar-refractivity contribution in [2.24, 2.45) is 0 Å². The maximum atomic E-state index is 13.7. The van der Waals surface area contributed by atoms with Crippen molar-refractivity contribution in [1.82, 2.24) is 15.3 Å². The summed E-state index contributed by atoms with van der Waals surface area (Å²) in [6.45, 7) is 1.86. The van der Waals surface area contributed by atoms with Crippen molar-refractivity contribution in [2.75, 3.05) is 5.32 Å². The Balaban J connectivity index is 1.73. The molecule has 0 spiro atoms. The van der Waals surface area contributed by atoms with Crippen molar-refractivity contribution >= 4 is 17.5 Å². The first-order chi connectivity index (χ1) is 12.5. The Hall–Kier alpha value is -3.35. The van der Waals surface area contributed by atoms with Crippen LogP contribution in [0.2, 0.25) is 0 Å². The van der Waals surface area contributed by atoms with E-state index in [-0.39, 0.29) is 29.3 Å². The molecule has 26 heavy (non-hydrogen) atoms. The lowest BCUT2D eigenvalue weighted by molar-refractivity contribution is 0.0935. The fourth-order valence-electron chi connectivity index (χ4n) is 2.35. The average molecular weight is 354 g/mol. The van der Waals surface area contributed by atoms with Gasteiger partial charge in [-0.15, -0.1) is 0 Å². The molecule has 0 aliphatic rings. The van der Waals surface area contributed by atoms with E-state index in [0.717, 1.165) is 17.7 Å². The van der Waals surface area contributed by atoms with Crippen LogP contribution in [0.1, 0.15) is 29.0 Å².